The molecule has 76 valence electrons. The molecule has 0 aliphatic carbocycles. The van der Waals surface area contributed by atoms with Crippen LogP contribution in [-0.2, 0) is 0 Å². The van der Waals surface area contributed by atoms with E-state index in [9.17, 15) is 0 Å². The third kappa shape index (κ3) is 3.00. The molecule has 0 saturated carbocycles. The summed E-state index contributed by atoms with van der Waals surface area (Å²) < 4.78 is 0. The highest BCUT2D eigenvalue weighted by molar-refractivity contribution is 5.53. The molecule has 0 atom stereocenters. The Balaban J connectivity index is 2.89. The van der Waals surface area contributed by atoms with Crippen LogP contribution >= 0.6 is 0 Å². The summed E-state index contributed by atoms with van der Waals surface area (Å²) in [6.45, 7) is 7.09. The smallest absolute Gasteiger partial charge is 0.0142 e. The van der Waals surface area contributed by atoms with Crippen molar-refractivity contribution in [2.75, 3.05) is 6.54 Å². The Bertz CT molecular complexity index is 307. The molecule has 0 saturated heterocycles. The summed E-state index contributed by atoms with van der Waals surface area (Å²) in [7, 11) is 0. The standard InChI is InChI=1S/C13H19N/c1-10(2)13(9-14)8-12-6-4-11(3)5-7-12/h4-8,10H,9,14H2,1-3H3. The van der Waals surface area contributed by atoms with Crippen molar-refractivity contribution in [2.45, 2.75) is 20.8 Å². The van der Waals surface area contributed by atoms with Gasteiger partial charge < -0.3 is 5.73 Å². The maximum atomic E-state index is 5.68. The number of benzene rings is 1. The Kier molecular flexibility index (Phi) is 3.90. The average molecular weight is 189 g/mol. The summed E-state index contributed by atoms with van der Waals surface area (Å²) in [5, 5.41) is 0. The van der Waals surface area contributed by atoms with Gasteiger partial charge in [0.05, 0.1) is 0 Å². The van der Waals surface area contributed by atoms with Crippen LogP contribution in [0.4, 0.5) is 0 Å². The molecule has 0 amide bonds. The quantitative estimate of drug-likeness (QED) is 0.777. The summed E-state index contributed by atoms with van der Waals surface area (Å²) in [6, 6.07) is 8.52. The molecule has 1 rings (SSSR count). The fourth-order valence-electron chi connectivity index (χ4n) is 1.34. The maximum absolute atomic E-state index is 5.68. The molecule has 0 heterocycles. The fraction of sp³-hybridized carbons (Fsp3) is 0.385. The first-order chi connectivity index (χ1) is 6.63. The third-order valence-corrected chi connectivity index (χ3v) is 2.41. The van der Waals surface area contributed by atoms with E-state index in [0.717, 1.165) is 0 Å². The van der Waals surface area contributed by atoms with Crippen molar-refractivity contribution in [1.29, 1.82) is 0 Å². The van der Waals surface area contributed by atoms with Crippen LogP contribution in [0.5, 0.6) is 0 Å². The van der Waals surface area contributed by atoms with Crippen molar-refractivity contribution in [3.63, 3.8) is 0 Å². The maximum Gasteiger partial charge on any atom is 0.0142 e. The summed E-state index contributed by atoms with van der Waals surface area (Å²) in [4.78, 5) is 0. The largest absolute Gasteiger partial charge is 0.327 e. The van der Waals surface area contributed by atoms with E-state index in [1.54, 1.807) is 0 Å². The van der Waals surface area contributed by atoms with Gasteiger partial charge in [0.15, 0.2) is 0 Å². The molecule has 2 N–H and O–H groups in total. The Hall–Kier alpha value is -1.08. The molecule has 0 aliphatic heterocycles. The van der Waals surface area contributed by atoms with Crippen molar-refractivity contribution in [1.82, 2.24) is 0 Å². The first kappa shape index (κ1) is 11.0. The van der Waals surface area contributed by atoms with E-state index < -0.39 is 0 Å². The molecule has 1 aromatic carbocycles. The number of aryl methyl sites for hydroxylation is 1. The molecule has 1 aromatic rings. The number of nitrogens with two attached hydrogens (primary N) is 1. The van der Waals surface area contributed by atoms with Crippen LogP contribution in [0.15, 0.2) is 29.8 Å². The van der Waals surface area contributed by atoms with E-state index in [2.05, 4.69) is 51.1 Å². The van der Waals surface area contributed by atoms with Gasteiger partial charge in [-0.05, 0) is 18.4 Å². The van der Waals surface area contributed by atoms with E-state index in [4.69, 9.17) is 5.73 Å². The van der Waals surface area contributed by atoms with Crippen molar-refractivity contribution in [2.24, 2.45) is 11.7 Å². The highest BCUT2D eigenvalue weighted by Gasteiger charge is 2.00. The molecule has 0 unspecified atom stereocenters. The van der Waals surface area contributed by atoms with Crippen LogP contribution in [0, 0.1) is 12.8 Å². The Morgan fingerprint density at radius 2 is 1.86 bits per heavy atom. The number of hydrogen-bond acceptors (Lipinski definition) is 1. The van der Waals surface area contributed by atoms with Gasteiger partial charge in [0.2, 0.25) is 0 Å². The van der Waals surface area contributed by atoms with Gasteiger partial charge in [0, 0.05) is 6.54 Å². The molecule has 0 bridgehead atoms. The van der Waals surface area contributed by atoms with Gasteiger partial charge in [-0.25, -0.2) is 0 Å². The van der Waals surface area contributed by atoms with Gasteiger partial charge in [-0.15, -0.1) is 0 Å². The van der Waals surface area contributed by atoms with Crippen molar-refractivity contribution in [3.05, 3.63) is 41.0 Å². The van der Waals surface area contributed by atoms with Crippen LogP contribution < -0.4 is 5.73 Å². The normalized spacial score (nSPS) is 12.2. The lowest BCUT2D eigenvalue weighted by Crippen LogP contribution is -2.08. The summed E-state index contributed by atoms with van der Waals surface area (Å²) >= 11 is 0. The Morgan fingerprint density at radius 1 is 1.29 bits per heavy atom. The lowest BCUT2D eigenvalue weighted by molar-refractivity contribution is 0.753. The molecule has 1 heteroatoms. The average Bonchev–Trinajstić information content (AvgIpc) is 2.16. The van der Waals surface area contributed by atoms with Gasteiger partial charge in [0.1, 0.15) is 0 Å². The van der Waals surface area contributed by atoms with E-state index in [1.165, 1.54) is 16.7 Å². The van der Waals surface area contributed by atoms with Gasteiger partial charge in [-0.1, -0.05) is 55.3 Å². The first-order valence-corrected chi connectivity index (χ1v) is 5.10. The molecule has 0 spiro atoms. The Morgan fingerprint density at radius 3 is 2.29 bits per heavy atom. The van der Waals surface area contributed by atoms with E-state index in [1.807, 2.05) is 0 Å². The molecule has 14 heavy (non-hydrogen) atoms. The van der Waals surface area contributed by atoms with Crippen molar-refractivity contribution < 1.29 is 0 Å². The Labute approximate surface area is 86.6 Å². The second-order valence-electron chi connectivity index (χ2n) is 3.99. The van der Waals surface area contributed by atoms with Crippen LogP contribution in [0.1, 0.15) is 25.0 Å². The summed E-state index contributed by atoms with van der Waals surface area (Å²) in [5.41, 5.74) is 9.52. The second kappa shape index (κ2) is 4.97. The topological polar surface area (TPSA) is 26.0 Å². The van der Waals surface area contributed by atoms with Crippen molar-refractivity contribution in [3.8, 4) is 0 Å². The molecule has 0 aromatic heterocycles. The van der Waals surface area contributed by atoms with Crippen LogP contribution in [0.25, 0.3) is 6.08 Å². The first-order valence-electron chi connectivity index (χ1n) is 5.10. The summed E-state index contributed by atoms with van der Waals surface area (Å²) in [6.07, 6.45) is 2.18. The van der Waals surface area contributed by atoms with Gasteiger partial charge in [0.25, 0.3) is 0 Å². The number of rotatable bonds is 3. The minimum Gasteiger partial charge on any atom is -0.327 e. The SMILES string of the molecule is Cc1ccc(C=C(CN)C(C)C)cc1. The zero-order valence-electron chi connectivity index (χ0n) is 9.25. The molecular formula is C13H19N. The lowest BCUT2D eigenvalue weighted by atomic mass is 10.0. The molecule has 0 fully saturated rings. The predicted octanol–water partition coefficient (Wildman–Crippen LogP) is 2.99. The van der Waals surface area contributed by atoms with Crippen molar-refractivity contribution >= 4 is 6.08 Å². The van der Waals surface area contributed by atoms with Gasteiger partial charge in [-0.2, -0.15) is 0 Å². The number of hydrogen-bond donors (Lipinski definition) is 1. The van der Waals surface area contributed by atoms with E-state index >= 15 is 0 Å². The fourth-order valence-corrected chi connectivity index (χ4v) is 1.34. The predicted molar refractivity (Wildman–Crippen MR) is 63.0 cm³/mol. The van der Waals surface area contributed by atoms with Gasteiger partial charge >= 0.3 is 0 Å². The molecule has 0 aliphatic rings. The highest BCUT2D eigenvalue weighted by atomic mass is 14.5. The van der Waals surface area contributed by atoms with Crippen LogP contribution in [0.2, 0.25) is 0 Å². The molecule has 0 radical (unpaired) electrons. The zero-order valence-corrected chi connectivity index (χ0v) is 9.25. The van der Waals surface area contributed by atoms with Crippen LogP contribution in [-0.4, -0.2) is 6.54 Å². The van der Waals surface area contributed by atoms with E-state index in [0.29, 0.717) is 12.5 Å². The second-order valence-corrected chi connectivity index (χ2v) is 3.99. The van der Waals surface area contributed by atoms with Crippen LogP contribution in [0.3, 0.4) is 0 Å². The monoisotopic (exact) mass is 189 g/mol. The van der Waals surface area contributed by atoms with E-state index in [-0.39, 0.29) is 0 Å². The molecular weight excluding hydrogens is 170 g/mol. The lowest BCUT2D eigenvalue weighted by Gasteiger charge is -2.08. The highest BCUT2D eigenvalue weighted by Crippen LogP contribution is 2.13. The minimum atomic E-state index is 0.529. The third-order valence-electron chi connectivity index (χ3n) is 2.41. The minimum absolute atomic E-state index is 0.529. The summed E-state index contributed by atoms with van der Waals surface area (Å²) in [5.74, 6) is 0.529. The molecule has 1 nitrogen and oxygen atoms in total. The zero-order chi connectivity index (χ0) is 10.6. The van der Waals surface area contributed by atoms with Gasteiger partial charge in [-0.3, -0.25) is 0 Å².